The Morgan fingerprint density at radius 2 is 2.15 bits per heavy atom. The predicted octanol–water partition coefficient (Wildman–Crippen LogP) is 2.62. The van der Waals surface area contributed by atoms with E-state index in [1.807, 2.05) is 0 Å². The van der Waals surface area contributed by atoms with Crippen molar-refractivity contribution in [1.29, 1.82) is 0 Å². The predicted molar refractivity (Wildman–Crippen MR) is 53.3 cm³/mol. The van der Waals surface area contributed by atoms with E-state index >= 15 is 0 Å². The van der Waals surface area contributed by atoms with Crippen molar-refractivity contribution in [2.24, 2.45) is 5.73 Å². The van der Waals surface area contributed by atoms with Crippen LogP contribution in [-0.4, -0.2) is 7.11 Å². The summed E-state index contributed by atoms with van der Waals surface area (Å²) in [5.74, 6) is -0.178. The van der Waals surface area contributed by atoms with Gasteiger partial charge in [0, 0.05) is 16.1 Å². The Hall–Kier alpha value is -0.610. The zero-order chi connectivity index (χ0) is 10.0. The van der Waals surface area contributed by atoms with E-state index in [0.717, 1.165) is 0 Å². The van der Waals surface area contributed by atoms with Gasteiger partial charge in [-0.3, -0.25) is 0 Å². The third-order valence-corrected chi connectivity index (χ3v) is 2.19. The van der Waals surface area contributed by atoms with Crippen molar-refractivity contribution in [3.8, 4) is 5.75 Å². The van der Waals surface area contributed by atoms with Crippen molar-refractivity contribution >= 4 is 15.9 Å². The lowest BCUT2D eigenvalue weighted by Crippen LogP contribution is -2.08. The SMILES string of the molecule is COc1c(F)cc(Br)cc1C(C)N. The van der Waals surface area contributed by atoms with Crippen LogP contribution in [0.1, 0.15) is 18.5 Å². The zero-order valence-electron chi connectivity index (χ0n) is 7.47. The summed E-state index contributed by atoms with van der Waals surface area (Å²) >= 11 is 3.19. The Kier molecular flexibility index (Phi) is 3.27. The van der Waals surface area contributed by atoms with Crippen LogP contribution < -0.4 is 10.5 Å². The van der Waals surface area contributed by atoms with Crippen molar-refractivity contribution in [2.75, 3.05) is 7.11 Å². The molecule has 1 aromatic rings. The number of methoxy groups -OCH3 is 1. The number of benzene rings is 1. The lowest BCUT2D eigenvalue weighted by molar-refractivity contribution is 0.378. The van der Waals surface area contributed by atoms with Gasteiger partial charge in [0.25, 0.3) is 0 Å². The second kappa shape index (κ2) is 4.07. The second-order valence-electron chi connectivity index (χ2n) is 2.80. The maximum atomic E-state index is 13.3. The van der Waals surface area contributed by atoms with Crippen molar-refractivity contribution in [2.45, 2.75) is 13.0 Å². The summed E-state index contributed by atoms with van der Waals surface area (Å²) in [4.78, 5) is 0. The number of halogens is 2. The lowest BCUT2D eigenvalue weighted by Gasteiger charge is -2.12. The number of hydrogen-bond donors (Lipinski definition) is 1. The molecule has 0 aliphatic heterocycles. The Morgan fingerprint density at radius 3 is 2.62 bits per heavy atom. The van der Waals surface area contributed by atoms with Gasteiger partial charge in [-0.1, -0.05) is 15.9 Å². The zero-order valence-corrected chi connectivity index (χ0v) is 9.06. The molecule has 1 atom stereocenters. The Balaban J connectivity index is 3.29. The molecule has 1 unspecified atom stereocenters. The van der Waals surface area contributed by atoms with E-state index in [1.54, 1.807) is 13.0 Å². The van der Waals surface area contributed by atoms with Crippen molar-refractivity contribution < 1.29 is 9.13 Å². The molecule has 1 aromatic carbocycles. The number of hydrogen-bond acceptors (Lipinski definition) is 2. The van der Waals surface area contributed by atoms with E-state index < -0.39 is 5.82 Å². The molecule has 0 saturated carbocycles. The van der Waals surface area contributed by atoms with Crippen LogP contribution in [0.15, 0.2) is 16.6 Å². The molecule has 0 bridgehead atoms. The molecule has 1 rings (SSSR count). The highest BCUT2D eigenvalue weighted by Gasteiger charge is 2.13. The van der Waals surface area contributed by atoms with Crippen molar-refractivity contribution in [3.63, 3.8) is 0 Å². The average molecular weight is 248 g/mol. The molecule has 0 amide bonds. The van der Waals surface area contributed by atoms with Gasteiger partial charge in [0.2, 0.25) is 0 Å². The minimum absolute atomic E-state index is 0.221. The summed E-state index contributed by atoms with van der Waals surface area (Å²) in [6, 6.07) is 2.86. The summed E-state index contributed by atoms with van der Waals surface area (Å²) in [5, 5.41) is 0. The van der Waals surface area contributed by atoms with E-state index in [2.05, 4.69) is 15.9 Å². The van der Waals surface area contributed by atoms with Crippen molar-refractivity contribution in [3.05, 3.63) is 28.0 Å². The topological polar surface area (TPSA) is 35.2 Å². The smallest absolute Gasteiger partial charge is 0.166 e. The minimum Gasteiger partial charge on any atom is -0.493 e. The molecule has 0 radical (unpaired) electrons. The molecule has 2 nitrogen and oxygen atoms in total. The molecule has 0 fully saturated rings. The first kappa shape index (κ1) is 10.5. The fourth-order valence-corrected chi connectivity index (χ4v) is 1.58. The molecule has 13 heavy (non-hydrogen) atoms. The standard InChI is InChI=1S/C9H11BrFNO/c1-5(12)7-3-6(10)4-8(11)9(7)13-2/h3-5H,12H2,1-2H3. The molecule has 0 heterocycles. The Bertz CT molecular complexity index is 315. The normalized spacial score (nSPS) is 12.7. The number of rotatable bonds is 2. The van der Waals surface area contributed by atoms with E-state index in [1.165, 1.54) is 13.2 Å². The Labute approximate surface area is 85.0 Å². The third kappa shape index (κ3) is 2.19. The first-order chi connectivity index (χ1) is 6.06. The first-order valence-electron chi connectivity index (χ1n) is 3.84. The van der Waals surface area contributed by atoms with Crippen LogP contribution >= 0.6 is 15.9 Å². The summed E-state index contributed by atoms with van der Waals surface area (Å²) in [5.41, 5.74) is 6.32. The fraction of sp³-hybridized carbons (Fsp3) is 0.333. The third-order valence-electron chi connectivity index (χ3n) is 1.73. The molecular formula is C9H11BrFNO. The molecule has 0 aromatic heterocycles. The fourth-order valence-electron chi connectivity index (χ4n) is 1.13. The van der Waals surface area contributed by atoms with Crippen LogP contribution in [0.25, 0.3) is 0 Å². The summed E-state index contributed by atoms with van der Waals surface area (Å²) in [6.45, 7) is 1.78. The molecule has 72 valence electrons. The van der Waals surface area contributed by atoms with E-state index in [-0.39, 0.29) is 11.8 Å². The van der Waals surface area contributed by atoms with Crippen LogP contribution in [-0.2, 0) is 0 Å². The highest BCUT2D eigenvalue weighted by atomic mass is 79.9. The highest BCUT2D eigenvalue weighted by molar-refractivity contribution is 9.10. The monoisotopic (exact) mass is 247 g/mol. The van der Waals surface area contributed by atoms with Gasteiger partial charge in [-0.2, -0.15) is 0 Å². The molecule has 0 aliphatic rings. The van der Waals surface area contributed by atoms with Gasteiger partial charge in [-0.05, 0) is 19.1 Å². The van der Waals surface area contributed by atoms with E-state index in [9.17, 15) is 4.39 Å². The number of ether oxygens (including phenoxy) is 1. The van der Waals surface area contributed by atoms with Gasteiger partial charge in [0.1, 0.15) is 0 Å². The molecular weight excluding hydrogens is 237 g/mol. The van der Waals surface area contributed by atoms with Crippen LogP contribution in [0.4, 0.5) is 4.39 Å². The molecule has 0 saturated heterocycles. The first-order valence-corrected chi connectivity index (χ1v) is 4.64. The van der Waals surface area contributed by atoms with Gasteiger partial charge < -0.3 is 10.5 Å². The highest BCUT2D eigenvalue weighted by Crippen LogP contribution is 2.30. The van der Waals surface area contributed by atoms with Gasteiger partial charge >= 0.3 is 0 Å². The molecule has 2 N–H and O–H groups in total. The quantitative estimate of drug-likeness (QED) is 0.873. The summed E-state index contributed by atoms with van der Waals surface area (Å²) in [6.07, 6.45) is 0. The van der Waals surface area contributed by atoms with Crippen LogP contribution in [0.3, 0.4) is 0 Å². The Morgan fingerprint density at radius 1 is 1.54 bits per heavy atom. The van der Waals surface area contributed by atoms with Crippen molar-refractivity contribution in [1.82, 2.24) is 0 Å². The molecule has 4 heteroatoms. The number of nitrogens with two attached hydrogens (primary N) is 1. The van der Waals surface area contributed by atoms with E-state index in [0.29, 0.717) is 10.0 Å². The summed E-state index contributed by atoms with van der Waals surface area (Å²) in [7, 11) is 1.43. The van der Waals surface area contributed by atoms with Gasteiger partial charge in [-0.15, -0.1) is 0 Å². The summed E-state index contributed by atoms with van der Waals surface area (Å²) < 4.78 is 18.8. The largest absolute Gasteiger partial charge is 0.493 e. The van der Waals surface area contributed by atoms with E-state index in [4.69, 9.17) is 10.5 Å². The van der Waals surface area contributed by atoms with Crippen LogP contribution in [0, 0.1) is 5.82 Å². The maximum absolute atomic E-state index is 13.3. The van der Waals surface area contributed by atoms with Gasteiger partial charge in [0.15, 0.2) is 11.6 Å². The molecule has 0 aliphatic carbocycles. The lowest BCUT2D eigenvalue weighted by atomic mass is 10.1. The van der Waals surface area contributed by atoms with Gasteiger partial charge in [-0.25, -0.2) is 4.39 Å². The minimum atomic E-state index is -0.399. The second-order valence-corrected chi connectivity index (χ2v) is 3.71. The van der Waals surface area contributed by atoms with Crippen LogP contribution in [0.2, 0.25) is 0 Å². The average Bonchev–Trinajstić information content (AvgIpc) is 2.02. The van der Waals surface area contributed by atoms with Crippen LogP contribution in [0.5, 0.6) is 5.75 Å². The van der Waals surface area contributed by atoms with Gasteiger partial charge in [0.05, 0.1) is 7.11 Å². The molecule has 0 spiro atoms. The maximum Gasteiger partial charge on any atom is 0.166 e.